The summed E-state index contributed by atoms with van der Waals surface area (Å²) in [6.07, 6.45) is 15.7. The topological polar surface area (TPSA) is 29.5 Å². The first-order chi connectivity index (χ1) is 8.83. The van der Waals surface area contributed by atoms with Crippen LogP contribution in [0, 0.1) is 0 Å². The van der Waals surface area contributed by atoms with Crippen molar-refractivity contribution in [2.45, 2.75) is 89.6 Å². The second-order valence-corrected chi connectivity index (χ2v) is 5.83. The molecule has 0 saturated heterocycles. The largest absolute Gasteiger partial charge is 0.394 e. The highest BCUT2D eigenvalue weighted by atomic mass is 16.5. The van der Waals surface area contributed by atoms with Crippen molar-refractivity contribution in [3.8, 4) is 0 Å². The summed E-state index contributed by atoms with van der Waals surface area (Å²) in [6.45, 7) is 2.95. The average Bonchev–Trinajstić information content (AvgIpc) is 2.42. The molecule has 1 N–H and O–H groups in total. The van der Waals surface area contributed by atoms with Gasteiger partial charge in [-0.3, -0.25) is 0 Å². The smallest absolute Gasteiger partial charge is 0.0705 e. The van der Waals surface area contributed by atoms with Gasteiger partial charge in [-0.15, -0.1) is 0 Å². The Kier molecular flexibility index (Phi) is 8.70. The number of unbranched alkanes of at least 4 members (excludes halogenated alkanes) is 5. The predicted octanol–water partition coefficient (Wildman–Crippen LogP) is 4.45. The maximum Gasteiger partial charge on any atom is 0.0705 e. The van der Waals surface area contributed by atoms with Crippen molar-refractivity contribution in [1.29, 1.82) is 0 Å². The summed E-state index contributed by atoms with van der Waals surface area (Å²) in [5.41, 5.74) is 0.117. The third-order valence-corrected chi connectivity index (χ3v) is 4.25. The van der Waals surface area contributed by atoms with Gasteiger partial charge in [0.2, 0.25) is 0 Å². The summed E-state index contributed by atoms with van der Waals surface area (Å²) >= 11 is 0. The SMILES string of the molecule is CCCCCCCCC1(OCCO)CCCCC1. The van der Waals surface area contributed by atoms with Gasteiger partial charge in [0.05, 0.1) is 18.8 Å². The minimum atomic E-state index is 0.117. The van der Waals surface area contributed by atoms with E-state index in [1.54, 1.807) is 0 Å². The van der Waals surface area contributed by atoms with Gasteiger partial charge in [0.1, 0.15) is 0 Å². The average molecular weight is 256 g/mol. The molecule has 0 aliphatic heterocycles. The lowest BCUT2D eigenvalue weighted by molar-refractivity contribution is -0.0866. The van der Waals surface area contributed by atoms with Crippen LogP contribution >= 0.6 is 0 Å². The quantitative estimate of drug-likeness (QED) is 0.585. The van der Waals surface area contributed by atoms with E-state index < -0.39 is 0 Å². The Morgan fingerprint density at radius 1 is 0.944 bits per heavy atom. The summed E-state index contributed by atoms with van der Waals surface area (Å²) in [4.78, 5) is 0. The Hall–Kier alpha value is -0.0800. The van der Waals surface area contributed by atoms with Crippen LogP contribution in [0.5, 0.6) is 0 Å². The molecule has 0 aromatic carbocycles. The number of ether oxygens (including phenoxy) is 1. The summed E-state index contributed by atoms with van der Waals surface area (Å²) in [6, 6.07) is 0. The van der Waals surface area contributed by atoms with Gasteiger partial charge < -0.3 is 9.84 Å². The Morgan fingerprint density at radius 2 is 1.61 bits per heavy atom. The number of aliphatic hydroxyl groups is 1. The summed E-state index contributed by atoms with van der Waals surface area (Å²) in [5, 5.41) is 8.96. The molecule has 18 heavy (non-hydrogen) atoms. The van der Waals surface area contributed by atoms with Crippen LogP contribution in [0.1, 0.15) is 84.0 Å². The lowest BCUT2D eigenvalue weighted by Gasteiger charge is -2.37. The van der Waals surface area contributed by atoms with Crippen LogP contribution in [-0.2, 0) is 4.74 Å². The number of rotatable bonds is 10. The molecule has 2 heteroatoms. The molecule has 0 unspecified atom stereocenters. The van der Waals surface area contributed by atoms with Gasteiger partial charge in [-0.05, 0) is 19.3 Å². The van der Waals surface area contributed by atoms with Crippen molar-refractivity contribution in [1.82, 2.24) is 0 Å². The minimum Gasteiger partial charge on any atom is -0.394 e. The lowest BCUT2D eigenvalue weighted by atomic mass is 9.81. The van der Waals surface area contributed by atoms with Gasteiger partial charge >= 0.3 is 0 Å². The maximum absolute atomic E-state index is 8.96. The van der Waals surface area contributed by atoms with E-state index in [1.807, 2.05) is 0 Å². The highest BCUT2D eigenvalue weighted by Crippen LogP contribution is 2.36. The van der Waals surface area contributed by atoms with Gasteiger partial charge in [-0.2, -0.15) is 0 Å². The van der Waals surface area contributed by atoms with Gasteiger partial charge in [0, 0.05) is 0 Å². The van der Waals surface area contributed by atoms with Crippen molar-refractivity contribution in [2.24, 2.45) is 0 Å². The second kappa shape index (κ2) is 9.80. The first kappa shape index (κ1) is 16.0. The monoisotopic (exact) mass is 256 g/mol. The molecule has 1 aliphatic rings. The van der Waals surface area contributed by atoms with Gasteiger partial charge in [-0.1, -0.05) is 64.7 Å². The van der Waals surface area contributed by atoms with E-state index in [0.717, 1.165) is 0 Å². The molecule has 108 valence electrons. The Labute approximate surface area is 113 Å². The molecule has 1 saturated carbocycles. The fourth-order valence-electron chi connectivity index (χ4n) is 3.15. The van der Waals surface area contributed by atoms with Crippen molar-refractivity contribution in [3.63, 3.8) is 0 Å². The van der Waals surface area contributed by atoms with E-state index in [2.05, 4.69) is 6.92 Å². The molecule has 0 heterocycles. The van der Waals surface area contributed by atoms with Crippen LogP contribution in [-0.4, -0.2) is 23.9 Å². The van der Waals surface area contributed by atoms with Crippen molar-refractivity contribution in [2.75, 3.05) is 13.2 Å². The van der Waals surface area contributed by atoms with E-state index >= 15 is 0 Å². The van der Waals surface area contributed by atoms with Crippen molar-refractivity contribution < 1.29 is 9.84 Å². The van der Waals surface area contributed by atoms with E-state index in [9.17, 15) is 0 Å². The molecule has 0 spiro atoms. The van der Waals surface area contributed by atoms with Gasteiger partial charge in [-0.25, -0.2) is 0 Å². The molecule has 1 aliphatic carbocycles. The molecule has 1 fully saturated rings. The fourth-order valence-corrected chi connectivity index (χ4v) is 3.15. The zero-order chi connectivity index (χ0) is 13.1. The van der Waals surface area contributed by atoms with E-state index in [4.69, 9.17) is 9.84 Å². The Balaban J connectivity index is 2.19. The molecule has 0 radical (unpaired) electrons. The van der Waals surface area contributed by atoms with Gasteiger partial charge in [0.15, 0.2) is 0 Å². The van der Waals surface area contributed by atoms with Crippen LogP contribution < -0.4 is 0 Å². The highest BCUT2D eigenvalue weighted by Gasteiger charge is 2.31. The number of aliphatic hydroxyl groups excluding tert-OH is 1. The standard InChI is InChI=1S/C16H32O2/c1-2-3-4-5-6-8-11-16(18-15-14-17)12-9-7-10-13-16/h17H,2-15H2,1H3. The molecular weight excluding hydrogens is 224 g/mol. The normalized spacial score (nSPS) is 19.0. The molecule has 0 amide bonds. The zero-order valence-electron chi connectivity index (χ0n) is 12.3. The third-order valence-electron chi connectivity index (χ3n) is 4.25. The maximum atomic E-state index is 8.96. The molecule has 0 aromatic heterocycles. The van der Waals surface area contributed by atoms with E-state index in [-0.39, 0.29) is 12.2 Å². The fraction of sp³-hybridized carbons (Fsp3) is 1.00. The Morgan fingerprint density at radius 3 is 2.28 bits per heavy atom. The summed E-state index contributed by atoms with van der Waals surface area (Å²) < 4.78 is 6.00. The van der Waals surface area contributed by atoms with Crippen molar-refractivity contribution in [3.05, 3.63) is 0 Å². The van der Waals surface area contributed by atoms with Gasteiger partial charge in [0.25, 0.3) is 0 Å². The first-order valence-electron chi connectivity index (χ1n) is 8.08. The third kappa shape index (κ3) is 6.19. The second-order valence-electron chi connectivity index (χ2n) is 5.83. The van der Waals surface area contributed by atoms with Crippen LogP contribution in [0.2, 0.25) is 0 Å². The van der Waals surface area contributed by atoms with Crippen LogP contribution in [0.3, 0.4) is 0 Å². The van der Waals surface area contributed by atoms with Crippen LogP contribution in [0.25, 0.3) is 0 Å². The number of hydrogen-bond acceptors (Lipinski definition) is 2. The summed E-state index contributed by atoms with van der Waals surface area (Å²) in [7, 11) is 0. The molecule has 0 bridgehead atoms. The van der Waals surface area contributed by atoms with E-state index in [1.165, 1.54) is 77.0 Å². The lowest BCUT2D eigenvalue weighted by Crippen LogP contribution is -2.36. The van der Waals surface area contributed by atoms with Crippen LogP contribution in [0.15, 0.2) is 0 Å². The van der Waals surface area contributed by atoms with Crippen molar-refractivity contribution >= 4 is 0 Å². The molecule has 1 rings (SSSR count). The van der Waals surface area contributed by atoms with E-state index in [0.29, 0.717) is 6.61 Å². The molecular formula is C16H32O2. The first-order valence-corrected chi connectivity index (χ1v) is 8.08. The highest BCUT2D eigenvalue weighted by molar-refractivity contribution is 4.84. The Bertz CT molecular complexity index is 186. The molecule has 0 atom stereocenters. The number of hydrogen-bond donors (Lipinski definition) is 1. The molecule has 2 nitrogen and oxygen atoms in total. The predicted molar refractivity (Wildman–Crippen MR) is 76.8 cm³/mol. The van der Waals surface area contributed by atoms with Crippen LogP contribution in [0.4, 0.5) is 0 Å². The minimum absolute atomic E-state index is 0.117. The zero-order valence-corrected chi connectivity index (χ0v) is 12.3. The summed E-state index contributed by atoms with van der Waals surface area (Å²) in [5.74, 6) is 0. The molecule has 0 aromatic rings.